The van der Waals surface area contributed by atoms with Crippen molar-refractivity contribution in [2.24, 2.45) is 10.6 Å². The Kier molecular flexibility index (Phi) is 3.35. The zero-order valence-corrected chi connectivity index (χ0v) is 7.73. The monoisotopic (exact) mass is 214 g/mol. The lowest BCUT2D eigenvalue weighted by molar-refractivity contribution is 0.398. The van der Waals surface area contributed by atoms with Gasteiger partial charge in [0.2, 0.25) is 5.12 Å². The van der Waals surface area contributed by atoms with E-state index in [2.05, 4.69) is 10.6 Å². The molecular formula is C7H7ClN4O2. The molecule has 0 aromatic heterocycles. The van der Waals surface area contributed by atoms with Gasteiger partial charge in [-0.05, 0) is 0 Å². The summed E-state index contributed by atoms with van der Waals surface area (Å²) in [5, 5.41) is 3.23. The van der Waals surface area contributed by atoms with Crippen LogP contribution >= 0.6 is 11.6 Å². The first-order valence-corrected chi connectivity index (χ1v) is 4.04. The van der Waals surface area contributed by atoms with Crippen molar-refractivity contribution in [2.45, 2.75) is 5.12 Å². The fourth-order valence-corrected chi connectivity index (χ4v) is 1.14. The number of nitroso groups, excluding NO2 is 2. The standard InChI is InChI=1S/C7H7ClN4O2/c8-7(9-11-13,10-12-14)6-4-2-1-3-5-6/h1-5H,(H,9,13)(H,10,14). The summed E-state index contributed by atoms with van der Waals surface area (Å²) in [6.45, 7) is 0. The van der Waals surface area contributed by atoms with E-state index in [0.717, 1.165) is 0 Å². The van der Waals surface area contributed by atoms with Crippen molar-refractivity contribution < 1.29 is 0 Å². The van der Waals surface area contributed by atoms with Crippen LogP contribution in [-0.2, 0) is 5.12 Å². The van der Waals surface area contributed by atoms with Gasteiger partial charge in [0, 0.05) is 5.56 Å². The summed E-state index contributed by atoms with van der Waals surface area (Å²) in [5.41, 5.74) is 4.47. The average Bonchev–Trinajstić information content (AvgIpc) is 2.20. The Morgan fingerprint density at radius 3 is 2.00 bits per heavy atom. The van der Waals surface area contributed by atoms with Crippen LogP contribution in [0.2, 0.25) is 0 Å². The second kappa shape index (κ2) is 4.52. The molecule has 14 heavy (non-hydrogen) atoms. The van der Waals surface area contributed by atoms with Crippen LogP contribution in [0.4, 0.5) is 0 Å². The average molecular weight is 215 g/mol. The van der Waals surface area contributed by atoms with Gasteiger partial charge in [0.25, 0.3) is 0 Å². The number of nitrogens with zero attached hydrogens (tertiary/aromatic N) is 2. The molecule has 0 aliphatic rings. The minimum Gasteiger partial charge on any atom is -0.229 e. The Labute approximate surface area is 84.5 Å². The fraction of sp³-hybridized carbons (Fsp3) is 0.143. The molecule has 0 atom stereocenters. The lowest BCUT2D eigenvalue weighted by Crippen LogP contribution is -2.44. The molecule has 7 heteroatoms. The molecule has 2 N–H and O–H groups in total. The van der Waals surface area contributed by atoms with E-state index in [-0.39, 0.29) is 0 Å². The van der Waals surface area contributed by atoms with Crippen LogP contribution in [0.25, 0.3) is 0 Å². The molecule has 1 aromatic carbocycles. The first kappa shape index (κ1) is 10.4. The van der Waals surface area contributed by atoms with Crippen molar-refractivity contribution in [3.05, 3.63) is 45.7 Å². The van der Waals surface area contributed by atoms with Crippen LogP contribution in [0.3, 0.4) is 0 Å². The summed E-state index contributed by atoms with van der Waals surface area (Å²) < 4.78 is 0. The van der Waals surface area contributed by atoms with Gasteiger partial charge in [-0.3, -0.25) is 0 Å². The summed E-state index contributed by atoms with van der Waals surface area (Å²) >= 11 is 5.86. The Bertz CT molecular complexity index is 309. The summed E-state index contributed by atoms with van der Waals surface area (Å²) in [6.07, 6.45) is 0. The van der Waals surface area contributed by atoms with E-state index in [0.29, 0.717) is 5.56 Å². The van der Waals surface area contributed by atoms with E-state index in [9.17, 15) is 9.81 Å². The van der Waals surface area contributed by atoms with Gasteiger partial charge in [0.1, 0.15) is 0 Å². The molecule has 0 bridgehead atoms. The summed E-state index contributed by atoms with van der Waals surface area (Å²) in [4.78, 5) is 20.1. The van der Waals surface area contributed by atoms with Crippen molar-refractivity contribution in [3.8, 4) is 0 Å². The zero-order chi connectivity index (χ0) is 10.4. The number of halogens is 1. The van der Waals surface area contributed by atoms with Gasteiger partial charge in [-0.25, -0.2) is 10.9 Å². The van der Waals surface area contributed by atoms with E-state index in [1.54, 1.807) is 30.3 Å². The van der Waals surface area contributed by atoms with Gasteiger partial charge in [-0.2, -0.15) is 0 Å². The SMILES string of the molecule is O=NNC(Cl)(NN=O)c1ccccc1. The van der Waals surface area contributed by atoms with Crippen molar-refractivity contribution in [1.82, 2.24) is 10.9 Å². The molecule has 0 saturated heterocycles. The molecule has 0 saturated carbocycles. The highest BCUT2D eigenvalue weighted by molar-refractivity contribution is 6.23. The molecule has 0 aliphatic carbocycles. The lowest BCUT2D eigenvalue weighted by Gasteiger charge is -2.22. The Morgan fingerprint density at radius 2 is 1.57 bits per heavy atom. The predicted octanol–water partition coefficient (Wildman–Crippen LogP) is 1.58. The highest BCUT2D eigenvalue weighted by Gasteiger charge is 2.29. The van der Waals surface area contributed by atoms with Gasteiger partial charge in [-0.15, -0.1) is 9.81 Å². The minimum atomic E-state index is -1.59. The quantitative estimate of drug-likeness (QED) is 0.256. The molecule has 0 spiro atoms. The Balaban J connectivity index is 2.98. The third kappa shape index (κ3) is 2.17. The molecule has 0 amide bonds. The Morgan fingerprint density at radius 1 is 1.07 bits per heavy atom. The fourth-order valence-electron chi connectivity index (χ4n) is 0.948. The molecule has 74 valence electrons. The summed E-state index contributed by atoms with van der Waals surface area (Å²) in [6, 6.07) is 8.40. The van der Waals surface area contributed by atoms with E-state index >= 15 is 0 Å². The highest BCUT2D eigenvalue weighted by Crippen LogP contribution is 2.22. The van der Waals surface area contributed by atoms with Crippen LogP contribution < -0.4 is 10.9 Å². The van der Waals surface area contributed by atoms with Gasteiger partial charge in [0.05, 0.1) is 10.6 Å². The summed E-state index contributed by atoms with van der Waals surface area (Å²) in [7, 11) is 0. The Hall–Kier alpha value is -1.69. The molecule has 1 aromatic rings. The normalized spacial score (nSPS) is 10.4. The molecular weight excluding hydrogens is 208 g/mol. The first-order chi connectivity index (χ1) is 6.73. The number of alkyl halides is 1. The molecule has 1 rings (SSSR count). The van der Waals surface area contributed by atoms with Crippen LogP contribution in [-0.4, -0.2) is 0 Å². The number of nitrogens with one attached hydrogen (secondary N) is 2. The van der Waals surface area contributed by atoms with Gasteiger partial charge in [0.15, 0.2) is 0 Å². The topological polar surface area (TPSA) is 82.9 Å². The van der Waals surface area contributed by atoms with Gasteiger partial charge in [-0.1, -0.05) is 41.9 Å². The summed E-state index contributed by atoms with van der Waals surface area (Å²) in [5.74, 6) is 0. The maximum Gasteiger partial charge on any atom is 0.247 e. The van der Waals surface area contributed by atoms with E-state index in [4.69, 9.17) is 11.6 Å². The number of benzene rings is 1. The van der Waals surface area contributed by atoms with E-state index < -0.39 is 5.12 Å². The molecule has 0 aliphatic heterocycles. The number of rotatable bonds is 5. The van der Waals surface area contributed by atoms with Crippen molar-refractivity contribution >= 4 is 11.6 Å². The first-order valence-electron chi connectivity index (χ1n) is 3.66. The van der Waals surface area contributed by atoms with Crippen molar-refractivity contribution in [3.63, 3.8) is 0 Å². The van der Waals surface area contributed by atoms with Gasteiger partial charge >= 0.3 is 0 Å². The van der Waals surface area contributed by atoms with Crippen molar-refractivity contribution in [2.75, 3.05) is 0 Å². The number of hydrogen-bond donors (Lipinski definition) is 2. The van der Waals surface area contributed by atoms with Crippen molar-refractivity contribution in [1.29, 1.82) is 0 Å². The van der Waals surface area contributed by atoms with E-state index in [1.165, 1.54) is 0 Å². The maximum absolute atomic E-state index is 10.0. The molecule has 0 radical (unpaired) electrons. The van der Waals surface area contributed by atoms with Crippen LogP contribution in [0.15, 0.2) is 40.9 Å². The largest absolute Gasteiger partial charge is 0.247 e. The number of hydrogen-bond acceptors (Lipinski definition) is 4. The second-order valence-electron chi connectivity index (χ2n) is 2.43. The van der Waals surface area contributed by atoms with E-state index in [1.807, 2.05) is 10.9 Å². The smallest absolute Gasteiger partial charge is 0.229 e. The maximum atomic E-state index is 10.0. The molecule has 0 heterocycles. The van der Waals surface area contributed by atoms with Gasteiger partial charge < -0.3 is 0 Å². The van der Waals surface area contributed by atoms with Crippen LogP contribution in [0, 0.1) is 9.81 Å². The highest BCUT2D eigenvalue weighted by atomic mass is 35.5. The molecule has 0 fully saturated rings. The predicted molar refractivity (Wildman–Crippen MR) is 51.8 cm³/mol. The third-order valence-electron chi connectivity index (χ3n) is 1.57. The lowest BCUT2D eigenvalue weighted by atomic mass is 10.2. The molecule has 6 nitrogen and oxygen atoms in total. The second-order valence-corrected chi connectivity index (χ2v) is 3.00. The zero-order valence-electron chi connectivity index (χ0n) is 6.98. The molecule has 0 unspecified atom stereocenters. The minimum absolute atomic E-state index is 0.459. The van der Waals surface area contributed by atoms with Crippen LogP contribution in [0.5, 0.6) is 0 Å². The third-order valence-corrected chi connectivity index (χ3v) is 1.96. The van der Waals surface area contributed by atoms with Crippen LogP contribution in [0.1, 0.15) is 5.56 Å².